The van der Waals surface area contributed by atoms with E-state index in [4.69, 9.17) is 6.42 Å². The summed E-state index contributed by atoms with van der Waals surface area (Å²) in [7, 11) is 1.72. The molecule has 2 N–H and O–H groups in total. The van der Waals surface area contributed by atoms with Crippen molar-refractivity contribution in [3.63, 3.8) is 0 Å². The Bertz CT molecular complexity index is 515. The number of guanidine groups is 1. The summed E-state index contributed by atoms with van der Waals surface area (Å²) in [6.07, 6.45) is 8.65. The molecule has 0 heterocycles. The van der Waals surface area contributed by atoms with E-state index in [1.165, 1.54) is 24.1 Å². The molecule has 0 radical (unpaired) electrons. The van der Waals surface area contributed by atoms with Crippen molar-refractivity contribution >= 4 is 29.9 Å². The lowest BCUT2D eigenvalue weighted by Crippen LogP contribution is -2.48. The van der Waals surface area contributed by atoms with Gasteiger partial charge in [0.2, 0.25) is 0 Å². The molecule has 3 nitrogen and oxygen atoms in total. The maximum absolute atomic E-state index is 13.0. The number of hydrogen-bond acceptors (Lipinski definition) is 1. The third-order valence-corrected chi connectivity index (χ3v) is 3.94. The number of terminal acetylenes is 1. The minimum absolute atomic E-state index is 0. The van der Waals surface area contributed by atoms with Crippen LogP contribution in [0, 0.1) is 18.2 Å². The maximum Gasteiger partial charge on any atom is 0.191 e. The molecule has 0 aliphatic heterocycles. The van der Waals surface area contributed by atoms with Crippen molar-refractivity contribution in [1.29, 1.82) is 0 Å². The van der Waals surface area contributed by atoms with Gasteiger partial charge >= 0.3 is 0 Å². The normalized spacial score (nSPS) is 16.1. The molecule has 0 spiro atoms. The summed E-state index contributed by atoms with van der Waals surface area (Å²) in [5.74, 6) is 3.03. The Morgan fingerprint density at radius 3 is 2.48 bits per heavy atom. The van der Waals surface area contributed by atoms with Crippen LogP contribution in [0.25, 0.3) is 0 Å². The molecule has 1 fully saturated rings. The van der Waals surface area contributed by atoms with Gasteiger partial charge in [-0.15, -0.1) is 30.4 Å². The number of nitrogens with zero attached hydrogens (tertiary/aromatic N) is 1. The van der Waals surface area contributed by atoms with Gasteiger partial charge in [0, 0.05) is 19.0 Å². The van der Waals surface area contributed by atoms with E-state index in [-0.39, 0.29) is 35.2 Å². The second-order valence-electron chi connectivity index (χ2n) is 5.12. The highest BCUT2D eigenvalue weighted by atomic mass is 127. The van der Waals surface area contributed by atoms with Crippen molar-refractivity contribution in [1.82, 2.24) is 10.6 Å². The molecule has 5 heteroatoms. The minimum atomic E-state index is -0.192. The van der Waals surface area contributed by atoms with Crippen LogP contribution in [-0.2, 0) is 5.41 Å². The molecule has 1 aliphatic carbocycles. The van der Waals surface area contributed by atoms with Gasteiger partial charge in [-0.25, -0.2) is 4.39 Å². The molecule has 21 heavy (non-hydrogen) atoms. The Morgan fingerprint density at radius 1 is 1.33 bits per heavy atom. The van der Waals surface area contributed by atoms with Crippen LogP contribution in [0.15, 0.2) is 29.3 Å². The van der Waals surface area contributed by atoms with Crippen LogP contribution in [0.1, 0.15) is 24.8 Å². The molecule has 0 atom stereocenters. The first-order chi connectivity index (χ1) is 9.70. The fourth-order valence-electron chi connectivity index (χ4n) is 2.58. The van der Waals surface area contributed by atoms with Crippen molar-refractivity contribution in [2.45, 2.75) is 24.7 Å². The Balaban J connectivity index is 0.00000220. The highest BCUT2D eigenvalue weighted by Gasteiger charge is 2.38. The lowest BCUT2D eigenvalue weighted by Gasteiger charge is -2.43. The van der Waals surface area contributed by atoms with Gasteiger partial charge in [-0.3, -0.25) is 4.99 Å². The monoisotopic (exact) mass is 401 g/mol. The van der Waals surface area contributed by atoms with Gasteiger partial charge < -0.3 is 10.6 Å². The number of rotatable bonds is 4. The molecule has 2 rings (SSSR count). The van der Waals surface area contributed by atoms with Crippen molar-refractivity contribution in [2.75, 3.05) is 20.1 Å². The summed E-state index contributed by atoms with van der Waals surface area (Å²) in [4.78, 5) is 4.13. The van der Waals surface area contributed by atoms with Crippen molar-refractivity contribution < 1.29 is 4.39 Å². The van der Waals surface area contributed by atoms with E-state index >= 15 is 0 Å². The lowest BCUT2D eigenvalue weighted by atomic mass is 9.64. The first kappa shape index (κ1) is 17.8. The quantitative estimate of drug-likeness (QED) is 0.352. The van der Waals surface area contributed by atoms with Crippen LogP contribution < -0.4 is 10.6 Å². The largest absolute Gasteiger partial charge is 0.355 e. The molecule has 0 amide bonds. The fraction of sp³-hybridized carbons (Fsp3) is 0.438. The second kappa shape index (κ2) is 8.23. The van der Waals surface area contributed by atoms with E-state index < -0.39 is 0 Å². The summed E-state index contributed by atoms with van der Waals surface area (Å²) in [6, 6.07) is 6.82. The van der Waals surface area contributed by atoms with Crippen molar-refractivity contribution in [3.8, 4) is 12.3 Å². The van der Waals surface area contributed by atoms with Crippen LogP contribution in [0.4, 0.5) is 4.39 Å². The van der Waals surface area contributed by atoms with Gasteiger partial charge in [-0.05, 0) is 30.5 Å². The number of halogens is 2. The van der Waals surface area contributed by atoms with Crippen LogP contribution in [-0.4, -0.2) is 26.1 Å². The lowest BCUT2D eigenvalue weighted by molar-refractivity contribution is 0.243. The zero-order valence-electron chi connectivity index (χ0n) is 12.2. The smallest absolute Gasteiger partial charge is 0.191 e. The average molecular weight is 401 g/mol. The van der Waals surface area contributed by atoms with Gasteiger partial charge in [0.05, 0.1) is 6.54 Å². The highest BCUT2D eigenvalue weighted by Crippen LogP contribution is 2.43. The van der Waals surface area contributed by atoms with Crippen LogP contribution in [0.2, 0.25) is 0 Å². The third-order valence-electron chi connectivity index (χ3n) is 3.94. The van der Waals surface area contributed by atoms with Gasteiger partial charge in [0.25, 0.3) is 0 Å². The molecule has 1 saturated carbocycles. The summed E-state index contributed by atoms with van der Waals surface area (Å²) >= 11 is 0. The molecule has 114 valence electrons. The van der Waals surface area contributed by atoms with Crippen LogP contribution >= 0.6 is 24.0 Å². The van der Waals surface area contributed by atoms with Gasteiger partial charge in [0.1, 0.15) is 5.82 Å². The number of hydrogen-bond donors (Lipinski definition) is 2. The zero-order valence-corrected chi connectivity index (χ0v) is 14.5. The van der Waals surface area contributed by atoms with Crippen LogP contribution in [0.5, 0.6) is 0 Å². The molecule has 0 bridgehead atoms. The van der Waals surface area contributed by atoms with Gasteiger partial charge in [-0.1, -0.05) is 24.5 Å². The molecule has 1 aliphatic rings. The molecule has 0 unspecified atom stereocenters. The number of aliphatic imine (C=N–C) groups is 1. The standard InChI is InChI=1S/C16H20FN3.HI/c1-3-11-19-15(18-2)20-12-16(9-4-10-16)13-5-7-14(17)8-6-13;/h1,5-8H,4,9-12H2,2H3,(H2,18,19,20);1H. The minimum Gasteiger partial charge on any atom is -0.355 e. The summed E-state index contributed by atoms with van der Waals surface area (Å²) in [5, 5.41) is 6.35. The molecular weight excluding hydrogens is 380 g/mol. The van der Waals surface area contributed by atoms with Gasteiger partial charge in [0.15, 0.2) is 5.96 Å². The second-order valence-corrected chi connectivity index (χ2v) is 5.12. The average Bonchev–Trinajstić information content (AvgIpc) is 2.42. The zero-order chi connectivity index (χ0) is 14.4. The van der Waals surface area contributed by atoms with E-state index in [0.717, 1.165) is 19.4 Å². The summed E-state index contributed by atoms with van der Waals surface area (Å²) < 4.78 is 13.0. The molecule has 1 aromatic rings. The first-order valence-corrected chi connectivity index (χ1v) is 6.84. The van der Waals surface area contributed by atoms with E-state index in [1.54, 1.807) is 7.05 Å². The van der Waals surface area contributed by atoms with Gasteiger partial charge in [-0.2, -0.15) is 0 Å². The highest BCUT2D eigenvalue weighted by molar-refractivity contribution is 14.0. The van der Waals surface area contributed by atoms with Crippen LogP contribution in [0.3, 0.4) is 0 Å². The topological polar surface area (TPSA) is 36.4 Å². The Hall–Kier alpha value is -1.29. The first-order valence-electron chi connectivity index (χ1n) is 6.84. The number of benzene rings is 1. The summed E-state index contributed by atoms with van der Waals surface area (Å²) in [6.45, 7) is 1.23. The molecule has 0 aromatic heterocycles. The molecular formula is C16H21FIN3. The Morgan fingerprint density at radius 2 is 2.00 bits per heavy atom. The van der Waals surface area contributed by atoms with E-state index in [1.807, 2.05) is 12.1 Å². The third kappa shape index (κ3) is 4.34. The molecule has 0 saturated heterocycles. The maximum atomic E-state index is 13.0. The number of nitrogens with one attached hydrogen (secondary N) is 2. The van der Waals surface area contributed by atoms with E-state index in [9.17, 15) is 4.39 Å². The van der Waals surface area contributed by atoms with E-state index in [0.29, 0.717) is 12.5 Å². The SMILES string of the molecule is C#CCNC(=NC)NCC1(c2ccc(F)cc2)CCC1.I. The van der Waals surface area contributed by atoms with E-state index in [2.05, 4.69) is 21.5 Å². The Labute approximate surface area is 142 Å². The van der Waals surface area contributed by atoms with Crippen molar-refractivity contribution in [3.05, 3.63) is 35.6 Å². The summed E-state index contributed by atoms with van der Waals surface area (Å²) in [5.41, 5.74) is 1.27. The fourth-order valence-corrected chi connectivity index (χ4v) is 2.58. The van der Waals surface area contributed by atoms with Crippen molar-refractivity contribution in [2.24, 2.45) is 4.99 Å². The molecule has 1 aromatic carbocycles. The predicted molar refractivity (Wildman–Crippen MR) is 95.5 cm³/mol. The Kier molecular flexibility index (Phi) is 6.96. The predicted octanol–water partition coefficient (Wildman–Crippen LogP) is 2.66.